The van der Waals surface area contributed by atoms with Gasteiger partial charge in [-0.25, -0.2) is 0 Å². The molecule has 0 amide bonds. The van der Waals surface area contributed by atoms with Crippen LogP contribution in [0.4, 0.5) is 0 Å². The zero-order valence-electron chi connectivity index (χ0n) is 29.9. The number of aliphatic hydroxyl groups is 2. The van der Waals surface area contributed by atoms with Gasteiger partial charge in [0.2, 0.25) is 0 Å². The van der Waals surface area contributed by atoms with E-state index in [1.54, 1.807) is 0 Å². The molecular weight excluding hydrogens is 569 g/mol. The minimum atomic E-state index is -2.02. The number of hydrogen-bond acceptors (Lipinski definition) is 5. The van der Waals surface area contributed by atoms with Gasteiger partial charge in [-0.15, -0.1) is 0 Å². The van der Waals surface area contributed by atoms with Gasteiger partial charge in [0.05, 0.1) is 18.3 Å². The quantitative estimate of drug-likeness (QED) is 0.175. The molecule has 1 aliphatic heterocycles. The molecule has 4 aliphatic rings. The Morgan fingerprint density at radius 1 is 0.837 bits per heavy atom. The van der Waals surface area contributed by atoms with Gasteiger partial charge in [-0.2, -0.15) is 0 Å². The van der Waals surface area contributed by atoms with Crippen LogP contribution in [0.5, 0.6) is 0 Å². The maximum Gasteiger partial charge on any atom is 0.192 e. The summed E-state index contributed by atoms with van der Waals surface area (Å²) in [5, 5.41) is 21.7. The van der Waals surface area contributed by atoms with E-state index in [9.17, 15) is 10.2 Å². The van der Waals surface area contributed by atoms with Crippen LogP contribution in [0.25, 0.3) is 0 Å². The molecule has 0 aromatic heterocycles. The molecular formula is C36H68O5Si2. The molecule has 3 fully saturated rings. The Morgan fingerprint density at radius 2 is 1.47 bits per heavy atom. The van der Waals surface area contributed by atoms with Crippen molar-refractivity contribution >= 4 is 16.6 Å². The third kappa shape index (κ3) is 7.76. The van der Waals surface area contributed by atoms with Crippen LogP contribution in [0.3, 0.4) is 0 Å². The summed E-state index contributed by atoms with van der Waals surface area (Å²) < 4.78 is 20.7. The second-order valence-corrected chi connectivity index (χ2v) is 27.6. The van der Waals surface area contributed by atoms with E-state index < -0.39 is 22.9 Å². The summed E-state index contributed by atoms with van der Waals surface area (Å²) in [6, 6.07) is 0. The summed E-state index contributed by atoms with van der Waals surface area (Å²) in [7, 11) is -3.83. The fourth-order valence-electron chi connectivity index (χ4n) is 8.47. The molecule has 12 atom stereocenters. The first-order chi connectivity index (χ1) is 19.8. The standard InChI is InChI=1S/C36H68O5Si2/c1-13-25(37)15-14-16-32(41-43(11,12)36(6,7)8)23(2)34-31-21-29-27(30(31)22-33(38)39-34)18-17-24-19-26(20-28(24)29)40-42(9,10)35(3,4)5/h17-18,23-34,37-38H,13-16,19-22H2,1-12H3/t23-,24-,25+,26-,27-,28-,29-,30+,31-,32+,33?,34+/m1/s1. The van der Waals surface area contributed by atoms with Gasteiger partial charge in [-0.05, 0) is 117 Å². The molecule has 0 spiro atoms. The highest BCUT2D eigenvalue weighted by Crippen LogP contribution is 2.59. The lowest BCUT2D eigenvalue weighted by Gasteiger charge is -2.46. The molecule has 0 aromatic carbocycles. The monoisotopic (exact) mass is 636 g/mol. The Bertz CT molecular complexity index is 952. The summed E-state index contributed by atoms with van der Waals surface area (Å²) in [5.74, 6) is 3.59. The van der Waals surface area contributed by atoms with Gasteiger partial charge in [-0.3, -0.25) is 0 Å². The molecule has 0 radical (unpaired) electrons. The summed E-state index contributed by atoms with van der Waals surface area (Å²) in [4.78, 5) is 0. The van der Waals surface area contributed by atoms with Gasteiger partial charge < -0.3 is 23.8 Å². The summed E-state index contributed by atoms with van der Waals surface area (Å²) in [5.41, 5.74) is 0. The first-order valence-corrected chi connectivity index (χ1v) is 23.6. The van der Waals surface area contributed by atoms with Crippen LogP contribution < -0.4 is 0 Å². The summed E-state index contributed by atoms with van der Waals surface area (Å²) in [6.07, 6.45) is 12.4. The SMILES string of the molecule is CC[C@H](O)CCC[C@H](O[Si](C)(C)C(C)(C)C)[C@@H](C)[C@@H]1OC(O)C[C@H]2[C@@H]3C=C[C@@H]4C[C@@H](O[Si](C)(C)C(C)(C)C)C[C@H]4[C@@H]3C[C@H]21. The first kappa shape index (κ1) is 35.8. The topological polar surface area (TPSA) is 68.2 Å². The van der Waals surface area contributed by atoms with Gasteiger partial charge >= 0.3 is 0 Å². The highest BCUT2D eigenvalue weighted by atomic mass is 28.4. The number of hydrogen-bond donors (Lipinski definition) is 2. The van der Waals surface area contributed by atoms with Crippen LogP contribution in [0.15, 0.2) is 12.2 Å². The van der Waals surface area contributed by atoms with E-state index in [-0.39, 0.29) is 34.3 Å². The predicted octanol–water partition coefficient (Wildman–Crippen LogP) is 8.92. The number of allylic oxidation sites excluding steroid dienone is 2. The average Bonchev–Trinajstić information content (AvgIpc) is 3.46. The molecule has 3 aliphatic carbocycles. The lowest BCUT2D eigenvalue weighted by Crippen LogP contribution is -2.51. The van der Waals surface area contributed by atoms with E-state index >= 15 is 0 Å². The molecule has 0 aromatic rings. The second-order valence-electron chi connectivity index (χ2n) is 18.0. The molecule has 250 valence electrons. The first-order valence-electron chi connectivity index (χ1n) is 17.8. The van der Waals surface area contributed by atoms with Crippen LogP contribution in [0.1, 0.15) is 107 Å². The lowest BCUT2D eigenvalue weighted by molar-refractivity contribution is -0.218. The Labute approximate surface area is 267 Å². The van der Waals surface area contributed by atoms with Crippen LogP contribution in [0.2, 0.25) is 36.3 Å². The van der Waals surface area contributed by atoms with Gasteiger partial charge in [0, 0.05) is 18.4 Å². The number of aliphatic hydroxyl groups excluding tert-OH is 2. The van der Waals surface area contributed by atoms with Gasteiger partial charge in [0.25, 0.3) is 0 Å². The third-order valence-corrected chi connectivity index (χ3v) is 22.2. The molecule has 2 N–H and O–H groups in total. The maximum absolute atomic E-state index is 11.1. The highest BCUT2D eigenvalue weighted by molar-refractivity contribution is 6.74. The molecule has 2 saturated carbocycles. The van der Waals surface area contributed by atoms with Crippen molar-refractivity contribution in [2.75, 3.05) is 0 Å². The number of fused-ring (bicyclic) bond motifs is 5. The Balaban J connectivity index is 1.52. The van der Waals surface area contributed by atoms with E-state index in [4.69, 9.17) is 13.6 Å². The largest absolute Gasteiger partial charge is 0.414 e. The Kier molecular flexibility index (Phi) is 11.0. The fraction of sp³-hybridized carbons (Fsp3) is 0.944. The molecule has 7 heteroatoms. The molecule has 5 nitrogen and oxygen atoms in total. The molecule has 1 heterocycles. The zero-order chi connectivity index (χ0) is 32.1. The van der Waals surface area contributed by atoms with Gasteiger partial charge in [0.1, 0.15) is 0 Å². The second kappa shape index (κ2) is 13.2. The van der Waals surface area contributed by atoms with E-state index in [1.165, 1.54) is 12.8 Å². The molecule has 1 unspecified atom stereocenters. The normalized spacial score (nSPS) is 37.0. The van der Waals surface area contributed by atoms with Crippen LogP contribution in [-0.4, -0.2) is 57.6 Å². The van der Waals surface area contributed by atoms with Crippen molar-refractivity contribution in [2.24, 2.45) is 41.4 Å². The molecule has 43 heavy (non-hydrogen) atoms. The maximum atomic E-state index is 11.1. The van der Waals surface area contributed by atoms with E-state index in [0.717, 1.165) is 38.5 Å². The van der Waals surface area contributed by atoms with E-state index in [0.29, 0.717) is 41.6 Å². The van der Waals surface area contributed by atoms with E-state index in [2.05, 4.69) is 93.7 Å². The number of ether oxygens (including phenoxy) is 1. The van der Waals surface area contributed by atoms with Crippen LogP contribution >= 0.6 is 0 Å². The summed E-state index contributed by atoms with van der Waals surface area (Å²) in [6.45, 7) is 27.9. The van der Waals surface area contributed by atoms with Crippen molar-refractivity contribution in [3.63, 3.8) is 0 Å². The Morgan fingerprint density at radius 3 is 2.07 bits per heavy atom. The molecule has 1 saturated heterocycles. The van der Waals surface area contributed by atoms with Crippen molar-refractivity contribution in [3.8, 4) is 0 Å². The summed E-state index contributed by atoms with van der Waals surface area (Å²) >= 11 is 0. The van der Waals surface area contributed by atoms with E-state index in [1.807, 2.05) is 0 Å². The molecule has 0 bridgehead atoms. The van der Waals surface area contributed by atoms with Gasteiger partial charge in [0.15, 0.2) is 22.9 Å². The fourth-order valence-corrected chi connectivity index (χ4v) is 11.3. The predicted molar refractivity (Wildman–Crippen MR) is 183 cm³/mol. The van der Waals surface area contributed by atoms with Crippen molar-refractivity contribution in [3.05, 3.63) is 12.2 Å². The van der Waals surface area contributed by atoms with Crippen molar-refractivity contribution < 1.29 is 23.8 Å². The van der Waals surface area contributed by atoms with Crippen molar-refractivity contribution in [1.29, 1.82) is 0 Å². The van der Waals surface area contributed by atoms with Crippen molar-refractivity contribution in [2.45, 2.75) is 174 Å². The number of rotatable bonds is 11. The smallest absolute Gasteiger partial charge is 0.192 e. The average molecular weight is 637 g/mol. The minimum Gasteiger partial charge on any atom is -0.414 e. The lowest BCUT2D eigenvalue weighted by atomic mass is 9.71. The molecule has 4 rings (SSSR count). The van der Waals surface area contributed by atoms with Crippen LogP contribution in [0, 0.1) is 41.4 Å². The van der Waals surface area contributed by atoms with Crippen LogP contribution in [-0.2, 0) is 13.6 Å². The zero-order valence-corrected chi connectivity index (χ0v) is 31.9. The van der Waals surface area contributed by atoms with Crippen molar-refractivity contribution in [1.82, 2.24) is 0 Å². The third-order valence-electron chi connectivity index (χ3n) is 13.2. The highest BCUT2D eigenvalue weighted by Gasteiger charge is 2.57. The minimum absolute atomic E-state index is 0.00208. The van der Waals surface area contributed by atoms with Gasteiger partial charge in [-0.1, -0.05) is 67.5 Å². The Hall–Kier alpha value is -0.0262.